The Hall–Kier alpha value is -2.66. The van der Waals surface area contributed by atoms with Crippen molar-refractivity contribution in [2.24, 2.45) is 5.92 Å². The van der Waals surface area contributed by atoms with Gasteiger partial charge in [-0.15, -0.1) is 0 Å². The zero-order valence-corrected chi connectivity index (χ0v) is 16.3. The van der Waals surface area contributed by atoms with Crippen molar-refractivity contribution >= 4 is 28.9 Å². The molecule has 0 aromatic heterocycles. The Balaban J connectivity index is 2.05. The van der Waals surface area contributed by atoms with Crippen LogP contribution < -0.4 is 4.74 Å². The van der Waals surface area contributed by atoms with E-state index in [1.54, 1.807) is 20.1 Å². The van der Waals surface area contributed by atoms with E-state index in [-0.39, 0.29) is 17.4 Å². The zero-order valence-electron chi connectivity index (χ0n) is 15.6. The summed E-state index contributed by atoms with van der Waals surface area (Å²) in [6.07, 6.45) is 1.89. The van der Waals surface area contributed by atoms with Gasteiger partial charge in [0.05, 0.1) is 18.7 Å². The maximum atomic E-state index is 13.6. The van der Waals surface area contributed by atoms with Crippen molar-refractivity contribution in [3.8, 4) is 5.75 Å². The second-order valence-electron chi connectivity index (χ2n) is 6.52. The minimum atomic E-state index is -0.990. The first kappa shape index (κ1) is 20.1. The number of methoxy groups -OCH3 is 1. The van der Waals surface area contributed by atoms with Gasteiger partial charge < -0.3 is 9.47 Å². The number of hydrogen-bond acceptors (Lipinski definition) is 4. The number of esters is 1. The van der Waals surface area contributed by atoms with E-state index in [1.165, 1.54) is 18.2 Å². The zero-order chi connectivity index (χ0) is 20.3. The highest BCUT2D eigenvalue weighted by molar-refractivity contribution is 6.30. The van der Waals surface area contributed by atoms with E-state index in [1.807, 2.05) is 24.3 Å². The van der Waals surface area contributed by atoms with E-state index in [0.29, 0.717) is 17.7 Å². The topological polar surface area (TPSA) is 52.6 Å². The van der Waals surface area contributed by atoms with Crippen LogP contribution in [0.25, 0.3) is 5.57 Å². The lowest BCUT2D eigenvalue weighted by Crippen LogP contribution is -2.34. The van der Waals surface area contributed by atoms with Crippen LogP contribution in [0.2, 0.25) is 5.02 Å². The molecule has 0 heterocycles. The third kappa shape index (κ3) is 4.09. The average Bonchev–Trinajstić information content (AvgIpc) is 2.69. The van der Waals surface area contributed by atoms with Crippen LogP contribution in [-0.4, -0.2) is 25.5 Å². The van der Waals surface area contributed by atoms with Crippen LogP contribution in [-0.2, 0) is 14.3 Å². The van der Waals surface area contributed by atoms with Gasteiger partial charge in [0.25, 0.3) is 0 Å². The average molecular weight is 403 g/mol. The van der Waals surface area contributed by atoms with Crippen LogP contribution in [0.3, 0.4) is 0 Å². The summed E-state index contributed by atoms with van der Waals surface area (Å²) in [5.41, 5.74) is 2.22. The second kappa shape index (κ2) is 8.57. The standard InChI is InChI=1S/C22H20ClFO4/c1-3-28-22(26)21-17(14-7-8-19(24)18(23)11-14)10-15(12-20(21)25)13-5-4-6-16(9-13)27-2/h4-9,11-12,17,21H,3,10H2,1-2H3/t17-,21+/m1/s1. The first-order valence-electron chi connectivity index (χ1n) is 8.95. The summed E-state index contributed by atoms with van der Waals surface area (Å²) in [6.45, 7) is 1.86. The van der Waals surface area contributed by atoms with E-state index in [4.69, 9.17) is 21.1 Å². The van der Waals surface area contributed by atoms with Crippen molar-refractivity contribution < 1.29 is 23.5 Å². The molecule has 6 heteroatoms. The molecule has 2 aromatic rings. The van der Waals surface area contributed by atoms with Gasteiger partial charge in [0.15, 0.2) is 5.78 Å². The van der Waals surface area contributed by atoms with Gasteiger partial charge >= 0.3 is 5.97 Å². The maximum Gasteiger partial charge on any atom is 0.317 e. The number of allylic oxidation sites excluding steroid dienone is 2. The Morgan fingerprint density at radius 3 is 2.71 bits per heavy atom. The van der Waals surface area contributed by atoms with Gasteiger partial charge in [-0.25, -0.2) is 4.39 Å². The Morgan fingerprint density at radius 1 is 1.25 bits per heavy atom. The lowest BCUT2D eigenvalue weighted by molar-refractivity contribution is -0.151. The Morgan fingerprint density at radius 2 is 2.04 bits per heavy atom. The minimum Gasteiger partial charge on any atom is -0.497 e. The van der Waals surface area contributed by atoms with Crippen molar-refractivity contribution in [2.45, 2.75) is 19.3 Å². The molecule has 2 aromatic carbocycles. The van der Waals surface area contributed by atoms with Crippen molar-refractivity contribution in [3.63, 3.8) is 0 Å². The highest BCUT2D eigenvalue weighted by Crippen LogP contribution is 2.41. The summed E-state index contributed by atoms with van der Waals surface area (Å²) < 4.78 is 24.0. The third-order valence-corrected chi connectivity index (χ3v) is 5.11. The highest BCUT2D eigenvalue weighted by atomic mass is 35.5. The summed E-state index contributed by atoms with van der Waals surface area (Å²) in [5, 5.41) is -0.0509. The Kier molecular flexibility index (Phi) is 6.15. The number of halogens is 2. The second-order valence-corrected chi connectivity index (χ2v) is 6.92. The van der Waals surface area contributed by atoms with Crippen LogP contribution in [0.1, 0.15) is 30.4 Å². The quantitative estimate of drug-likeness (QED) is 0.532. The molecule has 0 fully saturated rings. The first-order valence-corrected chi connectivity index (χ1v) is 9.32. The van der Waals surface area contributed by atoms with Gasteiger partial charge in [0, 0.05) is 5.92 Å². The van der Waals surface area contributed by atoms with Crippen LogP contribution in [0, 0.1) is 11.7 Å². The maximum absolute atomic E-state index is 13.6. The smallest absolute Gasteiger partial charge is 0.317 e. The number of rotatable bonds is 5. The van der Waals surface area contributed by atoms with Gasteiger partial charge in [0.1, 0.15) is 17.5 Å². The molecule has 1 aliphatic carbocycles. The highest BCUT2D eigenvalue weighted by Gasteiger charge is 2.40. The number of benzene rings is 2. The van der Waals surface area contributed by atoms with Crippen LogP contribution >= 0.6 is 11.6 Å². The lowest BCUT2D eigenvalue weighted by atomic mass is 9.73. The molecule has 0 spiro atoms. The van der Waals surface area contributed by atoms with E-state index >= 15 is 0 Å². The summed E-state index contributed by atoms with van der Waals surface area (Å²) >= 11 is 5.94. The molecule has 0 saturated heterocycles. The monoisotopic (exact) mass is 402 g/mol. The minimum absolute atomic E-state index is 0.0509. The molecule has 2 atom stereocenters. The Labute approximate surface area is 167 Å². The van der Waals surface area contributed by atoms with Crippen molar-refractivity contribution in [3.05, 3.63) is 70.5 Å². The van der Waals surface area contributed by atoms with Crippen molar-refractivity contribution in [1.29, 1.82) is 0 Å². The molecule has 3 rings (SSSR count). The molecule has 0 N–H and O–H groups in total. The number of ether oxygens (including phenoxy) is 2. The molecule has 4 nitrogen and oxygen atoms in total. The van der Waals surface area contributed by atoms with Gasteiger partial charge in [-0.2, -0.15) is 0 Å². The fourth-order valence-electron chi connectivity index (χ4n) is 3.46. The number of ketones is 1. The number of carbonyl (C=O) groups excluding carboxylic acids is 2. The molecule has 0 aliphatic heterocycles. The van der Waals surface area contributed by atoms with E-state index in [0.717, 1.165) is 11.1 Å². The van der Waals surface area contributed by atoms with Crippen molar-refractivity contribution in [2.75, 3.05) is 13.7 Å². The van der Waals surface area contributed by atoms with E-state index < -0.39 is 23.6 Å². The van der Waals surface area contributed by atoms with Gasteiger partial charge in [-0.3, -0.25) is 9.59 Å². The van der Waals surface area contributed by atoms with E-state index in [2.05, 4.69) is 0 Å². The molecule has 28 heavy (non-hydrogen) atoms. The predicted molar refractivity (Wildman–Crippen MR) is 105 cm³/mol. The third-order valence-electron chi connectivity index (χ3n) is 4.82. The fraction of sp³-hybridized carbons (Fsp3) is 0.273. The first-order chi connectivity index (χ1) is 13.4. The summed E-state index contributed by atoms with van der Waals surface area (Å²) in [5.74, 6) is -2.30. The molecule has 0 saturated carbocycles. The Bertz CT molecular complexity index is 938. The molecule has 0 amide bonds. The largest absolute Gasteiger partial charge is 0.497 e. The molecular weight excluding hydrogens is 383 g/mol. The number of hydrogen-bond donors (Lipinski definition) is 0. The summed E-state index contributed by atoms with van der Waals surface area (Å²) in [4.78, 5) is 25.4. The van der Waals surface area contributed by atoms with Crippen LogP contribution in [0.5, 0.6) is 5.75 Å². The molecule has 0 unspecified atom stereocenters. The fourth-order valence-corrected chi connectivity index (χ4v) is 3.65. The summed E-state index contributed by atoms with van der Waals surface area (Å²) in [7, 11) is 1.57. The molecule has 0 radical (unpaired) electrons. The molecule has 0 bridgehead atoms. The normalized spacial score (nSPS) is 19.1. The number of carbonyl (C=O) groups is 2. The van der Waals surface area contributed by atoms with Gasteiger partial charge in [0.2, 0.25) is 0 Å². The SMILES string of the molecule is CCOC(=O)[C@@H]1C(=O)C=C(c2cccc(OC)c2)C[C@@H]1c1ccc(F)c(Cl)c1. The van der Waals surface area contributed by atoms with Crippen LogP contribution in [0.4, 0.5) is 4.39 Å². The predicted octanol–water partition coefficient (Wildman–Crippen LogP) is 4.81. The van der Waals surface area contributed by atoms with Crippen LogP contribution in [0.15, 0.2) is 48.5 Å². The van der Waals surface area contributed by atoms with Gasteiger partial charge in [-0.05, 0) is 60.4 Å². The van der Waals surface area contributed by atoms with Crippen molar-refractivity contribution in [1.82, 2.24) is 0 Å². The molecule has 1 aliphatic rings. The summed E-state index contributed by atoms with van der Waals surface area (Å²) in [6, 6.07) is 11.6. The van der Waals surface area contributed by atoms with E-state index in [9.17, 15) is 14.0 Å². The lowest BCUT2D eigenvalue weighted by Gasteiger charge is -2.29. The molecular formula is C22H20ClFO4. The van der Waals surface area contributed by atoms with Gasteiger partial charge in [-0.1, -0.05) is 29.8 Å². The molecule has 146 valence electrons.